The van der Waals surface area contributed by atoms with Gasteiger partial charge < -0.3 is 0 Å². The largest absolute Gasteiger partial charge is 0.279 e. The van der Waals surface area contributed by atoms with Crippen LogP contribution in [-0.2, 0) is 23.2 Å². The number of nitrogens with one attached hydrogen (secondary N) is 1. The van der Waals surface area contributed by atoms with Gasteiger partial charge in [-0.05, 0) is 17.5 Å². The lowest BCUT2D eigenvalue weighted by molar-refractivity contribution is 0.505. The minimum Gasteiger partial charge on any atom is -0.198 e. The van der Waals surface area contributed by atoms with Crippen LogP contribution in [0.5, 0.6) is 0 Å². The number of hydrogen-bond acceptors (Lipinski definition) is 2. The van der Waals surface area contributed by atoms with Gasteiger partial charge in [-0.2, -0.15) is 17.4 Å². The summed E-state index contributed by atoms with van der Waals surface area (Å²) in [6.07, 6.45) is 2.18. The van der Waals surface area contributed by atoms with Crippen molar-refractivity contribution in [2.24, 2.45) is 0 Å². The van der Waals surface area contributed by atoms with E-state index in [0.29, 0.717) is 6.54 Å². The molecule has 96 valence electrons. The summed E-state index contributed by atoms with van der Waals surface area (Å²) in [7, 11) is -0.320. The molecule has 0 aromatic heterocycles. The Morgan fingerprint density at radius 1 is 1.12 bits per heavy atom. The van der Waals surface area contributed by atoms with Crippen molar-refractivity contribution in [2.75, 3.05) is 14.1 Å². The summed E-state index contributed by atoms with van der Waals surface area (Å²) in [4.78, 5) is 0. The third-order valence-electron chi connectivity index (χ3n) is 2.50. The molecule has 0 radical (unpaired) electrons. The number of aryl methyl sites for hydroxylation is 1. The SMILES string of the molecule is CCCc1ccc(CNS(=O)(=O)N(C)C)cc1. The lowest BCUT2D eigenvalue weighted by Crippen LogP contribution is -2.35. The molecular weight excluding hydrogens is 236 g/mol. The van der Waals surface area contributed by atoms with Crippen LogP contribution in [0.1, 0.15) is 24.5 Å². The van der Waals surface area contributed by atoms with E-state index in [1.54, 1.807) is 0 Å². The third-order valence-corrected chi connectivity index (χ3v) is 3.97. The van der Waals surface area contributed by atoms with Gasteiger partial charge >= 0.3 is 0 Å². The van der Waals surface area contributed by atoms with Gasteiger partial charge in [0.1, 0.15) is 0 Å². The molecule has 0 aliphatic carbocycles. The minimum absolute atomic E-state index is 0.326. The Hall–Kier alpha value is -0.910. The Morgan fingerprint density at radius 2 is 1.65 bits per heavy atom. The molecule has 0 heterocycles. The molecule has 0 bridgehead atoms. The van der Waals surface area contributed by atoms with E-state index in [4.69, 9.17) is 0 Å². The van der Waals surface area contributed by atoms with Crippen LogP contribution >= 0.6 is 0 Å². The van der Waals surface area contributed by atoms with Crippen LogP contribution in [0.4, 0.5) is 0 Å². The van der Waals surface area contributed by atoms with Gasteiger partial charge in [0.15, 0.2) is 0 Å². The molecule has 17 heavy (non-hydrogen) atoms. The molecule has 1 aromatic carbocycles. The zero-order valence-corrected chi connectivity index (χ0v) is 11.4. The first kappa shape index (κ1) is 14.2. The van der Waals surface area contributed by atoms with E-state index in [-0.39, 0.29) is 0 Å². The molecule has 0 spiro atoms. The second-order valence-electron chi connectivity index (χ2n) is 4.18. The fraction of sp³-hybridized carbons (Fsp3) is 0.500. The van der Waals surface area contributed by atoms with Gasteiger partial charge in [-0.3, -0.25) is 0 Å². The predicted octanol–water partition coefficient (Wildman–Crippen LogP) is 1.54. The van der Waals surface area contributed by atoms with Crippen molar-refractivity contribution in [3.63, 3.8) is 0 Å². The average molecular weight is 256 g/mol. The standard InChI is InChI=1S/C12H20N2O2S/c1-4-5-11-6-8-12(9-7-11)10-13-17(15,16)14(2)3/h6-9,13H,4-5,10H2,1-3H3. The number of hydrogen-bond donors (Lipinski definition) is 1. The van der Waals surface area contributed by atoms with Gasteiger partial charge in [-0.25, -0.2) is 0 Å². The average Bonchev–Trinajstić information content (AvgIpc) is 2.28. The first-order valence-electron chi connectivity index (χ1n) is 5.70. The van der Waals surface area contributed by atoms with Gasteiger partial charge in [-0.1, -0.05) is 37.6 Å². The topological polar surface area (TPSA) is 49.4 Å². The second kappa shape index (κ2) is 6.14. The highest BCUT2D eigenvalue weighted by Gasteiger charge is 2.11. The minimum atomic E-state index is -3.33. The maximum absolute atomic E-state index is 11.5. The van der Waals surface area contributed by atoms with Crippen molar-refractivity contribution >= 4 is 10.2 Å². The summed E-state index contributed by atoms with van der Waals surface area (Å²) in [6.45, 7) is 2.46. The molecule has 0 aliphatic heterocycles. The van der Waals surface area contributed by atoms with Crippen LogP contribution in [0, 0.1) is 0 Å². The number of rotatable bonds is 6. The molecule has 0 amide bonds. The fourth-order valence-electron chi connectivity index (χ4n) is 1.42. The summed E-state index contributed by atoms with van der Waals surface area (Å²) in [5.41, 5.74) is 2.25. The normalized spacial score (nSPS) is 12.0. The fourth-order valence-corrected chi connectivity index (χ4v) is 2.02. The van der Waals surface area contributed by atoms with Crippen molar-refractivity contribution < 1.29 is 8.42 Å². The number of benzene rings is 1. The summed E-state index contributed by atoms with van der Waals surface area (Å²) >= 11 is 0. The van der Waals surface area contributed by atoms with E-state index in [9.17, 15) is 8.42 Å². The van der Waals surface area contributed by atoms with E-state index < -0.39 is 10.2 Å². The first-order valence-corrected chi connectivity index (χ1v) is 7.14. The molecule has 0 fully saturated rings. The molecule has 0 saturated carbocycles. The van der Waals surface area contributed by atoms with Gasteiger partial charge in [0.2, 0.25) is 0 Å². The van der Waals surface area contributed by atoms with Crippen molar-refractivity contribution in [1.29, 1.82) is 0 Å². The quantitative estimate of drug-likeness (QED) is 0.839. The van der Waals surface area contributed by atoms with Crippen molar-refractivity contribution in [1.82, 2.24) is 9.03 Å². The Kier molecular flexibility index (Phi) is 5.11. The van der Waals surface area contributed by atoms with Crippen LogP contribution in [-0.4, -0.2) is 26.8 Å². The van der Waals surface area contributed by atoms with Crippen LogP contribution in [0.2, 0.25) is 0 Å². The smallest absolute Gasteiger partial charge is 0.198 e. The highest BCUT2D eigenvalue weighted by molar-refractivity contribution is 7.87. The van der Waals surface area contributed by atoms with Crippen molar-refractivity contribution in [3.8, 4) is 0 Å². The van der Waals surface area contributed by atoms with Crippen molar-refractivity contribution in [3.05, 3.63) is 35.4 Å². The molecular formula is C12H20N2O2S. The maximum atomic E-state index is 11.5. The van der Waals surface area contributed by atoms with Crippen LogP contribution in [0.3, 0.4) is 0 Å². The van der Waals surface area contributed by atoms with Gasteiger partial charge in [0.05, 0.1) is 0 Å². The lowest BCUT2D eigenvalue weighted by Gasteiger charge is -2.12. The summed E-state index contributed by atoms with van der Waals surface area (Å²) in [6, 6.07) is 8.01. The Balaban J connectivity index is 2.59. The molecule has 4 nitrogen and oxygen atoms in total. The third kappa shape index (κ3) is 4.46. The number of nitrogens with zero attached hydrogens (tertiary/aromatic N) is 1. The molecule has 5 heteroatoms. The zero-order valence-electron chi connectivity index (χ0n) is 10.6. The summed E-state index contributed by atoms with van der Waals surface area (Å²) in [5.74, 6) is 0. The van der Waals surface area contributed by atoms with Crippen LogP contribution in [0.15, 0.2) is 24.3 Å². The Labute approximate surface area is 104 Å². The summed E-state index contributed by atoms with van der Waals surface area (Å²) < 4.78 is 26.7. The van der Waals surface area contributed by atoms with Crippen LogP contribution < -0.4 is 4.72 Å². The molecule has 0 aliphatic rings. The molecule has 0 saturated heterocycles. The molecule has 0 atom stereocenters. The highest BCUT2D eigenvalue weighted by atomic mass is 32.2. The van der Waals surface area contributed by atoms with Crippen LogP contribution in [0.25, 0.3) is 0 Å². The lowest BCUT2D eigenvalue weighted by atomic mass is 10.1. The van der Waals surface area contributed by atoms with E-state index >= 15 is 0 Å². The van der Waals surface area contributed by atoms with Gasteiger partial charge in [0, 0.05) is 20.6 Å². The van der Waals surface area contributed by atoms with E-state index in [0.717, 1.165) is 18.4 Å². The summed E-state index contributed by atoms with van der Waals surface area (Å²) in [5, 5.41) is 0. The molecule has 1 N–H and O–H groups in total. The maximum Gasteiger partial charge on any atom is 0.279 e. The molecule has 0 unspecified atom stereocenters. The van der Waals surface area contributed by atoms with Gasteiger partial charge in [0.25, 0.3) is 10.2 Å². The monoisotopic (exact) mass is 256 g/mol. The zero-order chi connectivity index (χ0) is 12.9. The Bertz CT molecular complexity index is 438. The Morgan fingerprint density at radius 3 is 2.12 bits per heavy atom. The van der Waals surface area contributed by atoms with Crippen molar-refractivity contribution in [2.45, 2.75) is 26.3 Å². The molecule has 1 aromatic rings. The van der Waals surface area contributed by atoms with E-state index in [2.05, 4.69) is 11.6 Å². The molecule has 1 rings (SSSR count). The first-order chi connectivity index (χ1) is 7.95. The second-order valence-corrected chi connectivity index (χ2v) is 6.14. The highest BCUT2D eigenvalue weighted by Crippen LogP contribution is 2.07. The van der Waals surface area contributed by atoms with E-state index in [1.807, 2.05) is 24.3 Å². The van der Waals surface area contributed by atoms with E-state index in [1.165, 1.54) is 24.0 Å². The predicted molar refractivity (Wildman–Crippen MR) is 69.9 cm³/mol. The van der Waals surface area contributed by atoms with Gasteiger partial charge in [-0.15, -0.1) is 0 Å².